The first kappa shape index (κ1) is 25.1. The van der Waals surface area contributed by atoms with Crippen LogP contribution in [0.25, 0.3) is 10.9 Å². The van der Waals surface area contributed by atoms with Gasteiger partial charge in [-0.25, -0.2) is 4.98 Å². The molecule has 1 aliphatic carbocycles. The van der Waals surface area contributed by atoms with E-state index in [-0.39, 0.29) is 35.7 Å². The van der Waals surface area contributed by atoms with Gasteiger partial charge in [0.1, 0.15) is 5.69 Å². The first-order valence-corrected chi connectivity index (χ1v) is 14.3. The summed E-state index contributed by atoms with van der Waals surface area (Å²) in [5, 5.41) is 7.76. The Kier molecular flexibility index (Phi) is 6.69. The van der Waals surface area contributed by atoms with Crippen LogP contribution in [0.2, 0.25) is 0 Å². The molecule has 6 rings (SSSR count). The molecule has 9 nitrogen and oxygen atoms in total. The van der Waals surface area contributed by atoms with Crippen molar-refractivity contribution in [1.82, 2.24) is 30.4 Å². The molecule has 3 atom stereocenters. The number of rotatable bonds is 5. The highest BCUT2D eigenvalue weighted by Crippen LogP contribution is 2.30. The monoisotopic (exact) mass is 534 g/mol. The van der Waals surface area contributed by atoms with Crippen molar-refractivity contribution in [2.75, 3.05) is 26.7 Å². The Balaban J connectivity index is 1.19. The molecule has 0 unspecified atom stereocenters. The standard InChI is InChI=1S/C28H34N6O3S/c1-16-4-6-19-18(12-16)14-23(29-19)25(35)30-20-7-5-17(28(37)34-9-3-10-34)13-22(20)31-26(36)27-32-21-8-11-33(2)15-24(21)38-27/h4,6,12,14,17,20,22,29H,3,5,7-11,13,15H2,1-2H3,(H,30,35)(H,31,36)/t17-,20-,22+/m0/s1. The lowest BCUT2D eigenvalue weighted by Gasteiger charge is -2.40. The lowest BCUT2D eigenvalue weighted by Crippen LogP contribution is -2.57. The highest BCUT2D eigenvalue weighted by molar-refractivity contribution is 7.13. The molecule has 10 heteroatoms. The molecule has 0 spiro atoms. The zero-order valence-electron chi connectivity index (χ0n) is 21.9. The quantitative estimate of drug-likeness (QED) is 0.466. The smallest absolute Gasteiger partial charge is 0.280 e. The molecule has 1 aromatic carbocycles. The Morgan fingerprint density at radius 2 is 1.87 bits per heavy atom. The predicted octanol–water partition coefficient (Wildman–Crippen LogP) is 2.85. The fraction of sp³-hybridized carbons (Fsp3) is 0.500. The Morgan fingerprint density at radius 1 is 1.05 bits per heavy atom. The Bertz CT molecular complexity index is 1390. The number of nitrogens with one attached hydrogen (secondary N) is 3. The number of aromatic nitrogens is 2. The van der Waals surface area contributed by atoms with Gasteiger partial charge in [-0.1, -0.05) is 11.6 Å². The molecule has 1 saturated carbocycles. The third kappa shape index (κ3) is 4.94. The number of amides is 3. The molecule has 2 aromatic heterocycles. The molecule has 0 bridgehead atoms. The number of benzene rings is 1. The fourth-order valence-electron chi connectivity index (χ4n) is 5.79. The Morgan fingerprint density at radius 3 is 2.66 bits per heavy atom. The number of hydrogen-bond acceptors (Lipinski definition) is 6. The summed E-state index contributed by atoms with van der Waals surface area (Å²) in [6, 6.07) is 7.26. The number of hydrogen-bond donors (Lipinski definition) is 3. The minimum atomic E-state index is -0.356. The van der Waals surface area contributed by atoms with Crippen molar-refractivity contribution >= 4 is 40.0 Å². The van der Waals surface area contributed by atoms with Gasteiger partial charge in [-0.15, -0.1) is 11.3 Å². The zero-order valence-corrected chi connectivity index (χ0v) is 22.7. The van der Waals surface area contributed by atoms with Crippen LogP contribution in [-0.2, 0) is 17.8 Å². The molecule has 3 N–H and O–H groups in total. The third-order valence-corrected chi connectivity index (χ3v) is 9.22. The van der Waals surface area contributed by atoms with Crippen molar-refractivity contribution in [2.24, 2.45) is 5.92 Å². The first-order chi connectivity index (χ1) is 18.3. The summed E-state index contributed by atoms with van der Waals surface area (Å²) in [7, 11) is 2.07. The van der Waals surface area contributed by atoms with E-state index in [1.54, 1.807) is 0 Å². The van der Waals surface area contributed by atoms with Gasteiger partial charge in [-0.05, 0) is 57.9 Å². The number of fused-ring (bicyclic) bond motifs is 2. The number of thiazole rings is 1. The summed E-state index contributed by atoms with van der Waals surface area (Å²) >= 11 is 1.44. The maximum atomic E-state index is 13.3. The number of carbonyl (C=O) groups excluding carboxylic acids is 3. The van der Waals surface area contributed by atoms with Crippen LogP contribution < -0.4 is 10.6 Å². The van der Waals surface area contributed by atoms with E-state index in [9.17, 15) is 14.4 Å². The van der Waals surface area contributed by atoms with Crippen LogP contribution in [0.4, 0.5) is 0 Å². The Hall–Kier alpha value is -3.24. The number of aromatic amines is 1. The van der Waals surface area contributed by atoms with E-state index in [1.807, 2.05) is 36.1 Å². The van der Waals surface area contributed by atoms with Gasteiger partial charge in [0.2, 0.25) is 5.91 Å². The second-order valence-electron chi connectivity index (χ2n) is 11.0. The van der Waals surface area contributed by atoms with Gasteiger partial charge in [0.15, 0.2) is 5.01 Å². The van der Waals surface area contributed by atoms with Gasteiger partial charge < -0.3 is 25.4 Å². The normalized spacial score (nSPS) is 23.5. The van der Waals surface area contributed by atoms with E-state index >= 15 is 0 Å². The van der Waals surface area contributed by atoms with Crippen molar-refractivity contribution in [3.63, 3.8) is 0 Å². The van der Waals surface area contributed by atoms with Gasteiger partial charge in [0.25, 0.3) is 11.8 Å². The number of likely N-dealkylation sites (N-methyl/N-ethyl adjacent to an activating group) is 1. The molecule has 1 saturated heterocycles. The largest absolute Gasteiger partial charge is 0.351 e. The van der Waals surface area contributed by atoms with E-state index in [0.29, 0.717) is 30.0 Å². The van der Waals surface area contributed by atoms with E-state index < -0.39 is 0 Å². The number of nitrogens with zero attached hydrogens (tertiary/aromatic N) is 3. The van der Waals surface area contributed by atoms with Gasteiger partial charge in [-0.3, -0.25) is 14.4 Å². The van der Waals surface area contributed by atoms with Crippen LogP contribution >= 0.6 is 11.3 Å². The van der Waals surface area contributed by atoms with Gasteiger partial charge in [0, 0.05) is 60.3 Å². The average molecular weight is 535 g/mol. The van der Waals surface area contributed by atoms with E-state index in [4.69, 9.17) is 0 Å². The van der Waals surface area contributed by atoms with Crippen molar-refractivity contribution in [3.8, 4) is 0 Å². The highest BCUT2D eigenvalue weighted by Gasteiger charge is 2.39. The predicted molar refractivity (Wildman–Crippen MR) is 146 cm³/mol. The van der Waals surface area contributed by atoms with Gasteiger partial charge in [0.05, 0.1) is 11.7 Å². The molecule has 38 heavy (non-hydrogen) atoms. The molecule has 3 aromatic rings. The number of carbonyl (C=O) groups is 3. The second kappa shape index (κ2) is 10.1. The molecular formula is C28H34N6O3S. The van der Waals surface area contributed by atoms with Gasteiger partial charge in [-0.2, -0.15) is 0 Å². The van der Waals surface area contributed by atoms with E-state index in [0.717, 1.165) is 66.1 Å². The van der Waals surface area contributed by atoms with Crippen molar-refractivity contribution < 1.29 is 14.4 Å². The van der Waals surface area contributed by atoms with Crippen LogP contribution in [0.15, 0.2) is 24.3 Å². The Labute approximate surface area is 226 Å². The summed E-state index contributed by atoms with van der Waals surface area (Å²) in [6.45, 7) is 5.38. The molecule has 3 amide bonds. The molecule has 0 radical (unpaired) electrons. The minimum Gasteiger partial charge on any atom is -0.351 e. The molecule has 200 valence electrons. The lowest BCUT2D eigenvalue weighted by atomic mass is 9.81. The number of likely N-dealkylation sites (tertiary alicyclic amines) is 1. The van der Waals surface area contributed by atoms with Crippen LogP contribution in [0.5, 0.6) is 0 Å². The summed E-state index contributed by atoms with van der Waals surface area (Å²) in [5.74, 6) is -0.417. The zero-order chi connectivity index (χ0) is 26.4. The second-order valence-corrected chi connectivity index (χ2v) is 12.1. The molecular weight excluding hydrogens is 500 g/mol. The maximum absolute atomic E-state index is 13.3. The van der Waals surface area contributed by atoms with Crippen LogP contribution in [0.3, 0.4) is 0 Å². The van der Waals surface area contributed by atoms with E-state index in [1.165, 1.54) is 11.3 Å². The van der Waals surface area contributed by atoms with Crippen LogP contribution in [-0.4, -0.2) is 76.3 Å². The van der Waals surface area contributed by atoms with Crippen molar-refractivity contribution in [3.05, 3.63) is 51.1 Å². The highest BCUT2D eigenvalue weighted by atomic mass is 32.1. The molecule has 4 heterocycles. The SMILES string of the molecule is Cc1ccc2[nH]c(C(=O)N[C@H]3CC[C@H](C(=O)N4CCC4)C[C@H]3NC(=O)c3nc4c(s3)CN(C)CC4)cc2c1. The molecule has 2 fully saturated rings. The van der Waals surface area contributed by atoms with Crippen molar-refractivity contribution in [1.29, 1.82) is 0 Å². The van der Waals surface area contributed by atoms with Crippen LogP contribution in [0, 0.1) is 12.8 Å². The summed E-state index contributed by atoms with van der Waals surface area (Å²) in [4.78, 5) is 52.8. The topological polar surface area (TPSA) is 110 Å². The molecule has 2 aliphatic heterocycles. The number of aryl methyl sites for hydroxylation is 1. The maximum Gasteiger partial charge on any atom is 0.280 e. The summed E-state index contributed by atoms with van der Waals surface area (Å²) < 4.78 is 0. The average Bonchev–Trinajstić information content (AvgIpc) is 3.47. The first-order valence-electron chi connectivity index (χ1n) is 13.5. The summed E-state index contributed by atoms with van der Waals surface area (Å²) in [5.41, 5.74) is 3.54. The molecule has 3 aliphatic rings. The minimum absolute atomic E-state index is 0.150. The van der Waals surface area contributed by atoms with E-state index in [2.05, 4.69) is 32.5 Å². The van der Waals surface area contributed by atoms with Crippen LogP contribution in [0.1, 0.15) is 62.1 Å². The number of H-pyrrole nitrogens is 1. The fourth-order valence-corrected chi connectivity index (χ4v) is 6.88. The third-order valence-electron chi connectivity index (χ3n) is 8.14. The van der Waals surface area contributed by atoms with Crippen molar-refractivity contribution in [2.45, 2.75) is 57.7 Å². The van der Waals surface area contributed by atoms with Gasteiger partial charge >= 0.3 is 0 Å². The lowest BCUT2D eigenvalue weighted by molar-refractivity contribution is -0.140. The summed E-state index contributed by atoms with van der Waals surface area (Å²) in [6.07, 6.45) is 3.71.